The van der Waals surface area contributed by atoms with Crippen LogP contribution in [0.25, 0.3) is 0 Å². The minimum atomic E-state index is -0.832. The highest BCUT2D eigenvalue weighted by Crippen LogP contribution is 2.21. The summed E-state index contributed by atoms with van der Waals surface area (Å²) >= 11 is 3.12. The summed E-state index contributed by atoms with van der Waals surface area (Å²) in [4.78, 5) is 0. The average Bonchev–Trinajstić information content (AvgIpc) is 2.06. The van der Waals surface area contributed by atoms with Gasteiger partial charge < -0.3 is 5.73 Å². The second-order valence-electron chi connectivity index (χ2n) is 2.36. The van der Waals surface area contributed by atoms with Crippen molar-refractivity contribution in [2.75, 3.05) is 6.54 Å². The van der Waals surface area contributed by atoms with Crippen LogP contribution in [0.15, 0.2) is 16.6 Å². The van der Waals surface area contributed by atoms with Gasteiger partial charge in [-0.2, -0.15) is 0 Å². The molecule has 2 N–H and O–H groups in total. The van der Waals surface area contributed by atoms with Gasteiger partial charge in [0.25, 0.3) is 0 Å². The Labute approximate surface area is 77.7 Å². The fourth-order valence-electron chi connectivity index (χ4n) is 0.943. The first-order valence-electron chi connectivity index (χ1n) is 3.49. The topological polar surface area (TPSA) is 26.0 Å². The maximum absolute atomic E-state index is 13.0. The normalized spacial score (nSPS) is 10.3. The van der Waals surface area contributed by atoms with E-state index < -0.39 is 11.6 Å². The van der Waals surface area contributed by atoms with E-state index in [9.17, 15) is 8.78 Å². The second kappa shape index (κ2) is 3.96. The van der Waals surface area contributed by atoms with Gasteiger partial charge >= 0.3 is 0 Å². The van der Waals surface area contributed by atoms with E-state index in [4.69, 9.17) is 5.73 Å². The molecule has 1 aromatic carbocycles. The van der Waals surface area contributed by atoms with E-state index in [1.54, 1.807) is 0 Å². The van der Waals surface area contributed by atoms with Crippen LogP contribution in [-0.2, 0) is 6.42 Å². The third kappa shape index (κ3) is 1.81. The molecule has 0 atom stereocenters. The quantitative estimate of drug-likeness (QED) is 0.783. The molecular formula is C8H8BrF2N. The van der Waals surface area contributed by atoms with Gasteiger partial charge in [0.15, 0.2) is 11.6 Å². The van der Waals surface area contributed by atoms with Gasteiger partial charge in [0.2, 0.25) is 0 Å². The lowest BCUT2D eigenvalue weighted by Gasteiger charge is -2.04. The van der Waals surface area contributed by atoms with Gasteiger partial charge in [-0.25, -0.2) is 8.78 Å². The lowest BCUT2D eigenvalue weighted by molar-refractivity contribution is 0.498. The highest BCUT2D eigenvalue weighted by Gasteiger charge is 2.10. The molecule has 0 fully saturated rings. The lowest BCUT2D eigenvalue weighted by atomic mass is 10.1. The molecule has 0 radical (unpaired) electrons. The Morgan fingerprint density at radius 2 is 2.00 bits per heavy atom. The Bertz CT molecular complexity index is 289. The van der Waals surface area contributed by atoms with Gasteiger partial charge in [0, 0.05) is 10.0 Å². The molecule has 1 aromatic rings. The Morgan fingerprint density at radius 1 is 1.33 bits per heavy atom. The van der Waals surface area contributed by atoms with Crippen molar-refractivity contribution in [3.05, 3.63) is 33.8 Å². The first-order chi connectivity index (χ1) is 5.66. The van der Waals surface area contributed by atoms with E-state index in [0.717, 1.165) is 6.07 Å². The highest BCUT2D eigenvalue weighted by atomic mass is 79.9. The van der Waals surface area contributed by atoms with Crippen LogP contribution in [0.2, 0.25) is 0 Å². The van der Waals surface area contributed by atoms with Gasteiger partial charge in [-0.15, -0.1) is 0 Å². The van der Waals surface area contributed by atoms with Crippen LogP contribution in [0.1, 0.15) is 5.56 Å². The van der Waals surface area contributed by atoms with E-state index >= 15 is 0 Å². The van der Waals surface area contributed by atoms with Crippen LogP contribution < -0.4 is 5.73 Å². The Kier molecular flexibility index (Phi) is 3.17. The number of hydrogen-bond acceptors (Lipinski definition) is 1. The Hall–Kier alpha value is -0.480. The number of hydrogen-bond donors (Lipinski definition) is 1. The summed E-state index contributed by atoms with van der Waals surface area (Å²) in [6.07, 6.45) is 0.337. The standard InChI is InChI=1S/C8H8BrF2N/c9-6-1-2-7(10)8(11)5(6)3-4-12/h1-2H,3-4,12H2. The van der Waals surface area contributed by atoms with E-state index in [-0.39, 0.29) is 0 Å². The van der Waals surface area contributed by atoms with Crippen LogP contribution in [0.4, 0.5) is 8.78 Å². The van der Waals surface area contributed by atoms with Crippen molar-refractivity contribution in [3.63, 3.8) is 0 Å². The SMILES string of the molecule is NCCc1c(Br)ccc(F)c1F. The van der Waals surface area contributed by atoms with Gasteiger partial charge in [0.05, 0.1) is 0 Å². The van der Waals surface area contributed by atoms with Crippen molar-refractivity contribution >= 4 is 15.9 Å². The van der Waals surface area contributed by atoms with Crippen LogP contribution in [0.3, 0.4) is 0 Å². The maximum atomic E-state index is 13.0. The van der Waals surface area contributed by atoms with Crippen molar-refractivity contribution < 1.29 is 8.78 Å². The molecule has 0 aliphatic carbocycles. The number of nitrogens with two attached hydrogens (primary N) is 1. The van der Waals surface area contributed by atoms with Crippen LogP contribution in [0, 0.1) is 11.6 Å². The number of halogens is 3. The molecule has 0 heterocycles. The van der Waals surface area contributed by atoms with E-state index in [0.29, 0.717) is 23.0 Å². The minimum Gasteiger partial charge on any atom is -0.330 e. The molecule has 12 heavy (non-hydrogen) atoms. The molecule has 0 aliphatic heterocycles. The third-order valence-electron chi connectivity index (χ3n) is 1.53. The summed E-state index contributed by atoms with van der Waals surface area (Å²) in [6.45, 7) is 0.305. The molecule has 1 rings (SSSR count). The second-order valence-corrected chi connectivity index (χ2v) is 3.21. The number of benzene rings is 1. The predicted molar refractivity (Wildman–Crippen MR) is 46.8 cm³/mol. The first kappa shape index (κ1) is 9.61. The van der Waals surface area contributed by atoms with Crippen LogP contribution in [0.5, 0.6) is 0 Å². The largest absolute Gasteiger partial charge is 0.330 e. The van der Waals surface area contributed by atoms with Crippen molar-refractivity contribution in [2.24, 2.45) is 5.73 Å². The fourth-order valence-corrected chi connectivity index (χ4v) is 1.45. The molecule has 0 bridgehead atoms. The highest BCUT2D eigenvalue weighted by molar-refractivity contribution is 9.10. The molecule has 0 spiro atoms. The minimum absolute atomic E-state index is 0.303. The summed E-state index contributed by atoms with van der Waals surface area (Å²) in [5.41, 5.74) is 5.54. The molecule has 1 nitrogen and oxygen atoms in total. The molecule has 66 valence electrons. The van der Waals surface area contributed by atoms with E-state index in [2.05, 4.69) is 15.9 Å². The average molecular weight is 236 g/mol. The monoisotopic (exact) mass is 235 g/mol. The summed E-state index contributed by atoms with van der Waals surface area (Å²) in [5, 5.41) is 0. The first-order valence-corrected chi connectivity index (χ1v) is 4.28. The molecule has 4 heteroatoms. The van der Waals surface area contributed by atoms with E-state index in [1.807, 2.05) is 0 Å². The smallest absolute Gasteiger partial charge is 0.163 e. The summed E-state index contributed by atoms with van der Waals surface area (Å²) in [7, 11) is 0. The van der Waals surface area contributed by atoms with Crippen molar-refractivity contribution in [3.8, 4) is 0 Å². The molecule has 0 unspecified atom stereocenters. The van der Waals surface area contributed by atoms with Crippen molar-refractivity contribution in [1.82, 2.24) is 0 Å². The van der Waals surface area contributed by atoms with Gasteiger partial charge in [-0.1, -0.05) is 15.9 Å². The molecule has 0 saturated heterocycles. The Morgan fingerprint density at radius 3 is 2.58 bits per heavy atom. The zero-order valence-electron chi connectivity index (χ0n) is 6.28. The molecule has 0 aromatic heterocycles. The van der Waals surface area contributed by atoms with Gasteiger partial charge in [-0.3, -0.25) is 0 Å². The zero-order chi connectivity index (χ0) is 9.14. The van der Waals surface area contributed by atoms with E-state index in [1.165, 1.54) is 6.07 Å². The predicted octanol–water partition coefficient (Wildman–Crippen LogP) is 2.23. The summed E-state index contributed by atoms with van der Waals surface area (Å²) in [6, 6.07) is 2.56. The molecule has 0 aliphatic rings. The van der Waals surface area contributed by atoms with Crippen molar-refractivity contribution in [1.29, 1.82) is 0 Å². The summed E-state index contributed by atoms with van der Waals surface area (Å²) in [5.74, 6) is -1.64. The maximum Gasteiger partial charge on any atom is 0.163 e. The van der Waals surface area contributed by atoms with Crippen LogP contribution >= 0.6 is 15.9 Å². The molecule has 0 saturated carbocycles. The summed E-state index contributed by atoms with van der Waals surface area (Å²) < 4.78 is 26.2. The molecule has 0 amide bonds. The van der Waals surface area contributed by atoms with Gasteiger partial charge in [-0.05, 0) is 25.1 Å². The zero-order valence-corrected chi connectivity index (χ0v) is 7.87. The van der Waals surface area contributed by atoms with Crippen molar-refractivity contribution in [2.45, 2.75) is 6.42 Å². The third-order valence-corrected chi connectivity index (χ3v) is 2.28. The number of rotatable bonds is 2. The van der Waals surface area contributed by atoms with Gasteiger partial charge in [0.1, 0.15) is 0 Å². The molecular weight excluding hydrogens is 228 g/mol. The van der Waals surface area contributed by atoms with Crippen LogP contribution in [-0.4, -0.2) is 6.54 Å². The lowest BCUT2D eigenvalue weighted by Crippen LogP contribution is -2.06. The fraction of sp³-hybridized carbons (Fsp3) is 0.250. The Balaban J connectivity index is 3.14.